The van der Waals surface area contributed by atoms with Crippen molar-refractivity contribution >= 4 is 23.5 Å². The molecule has 0 radical (unpaired) electrons. The highest BCUT2D eigenvalue weighted by molar-refractivity contribution is 8.03. The van der Waals surface area contributed by atoms with Crippen LogP contribution in [0.4, 0.5) is 0 Å². The van der Waals surface area contributed by atoms with Crippen molar-refractivity contribution in [2.45, 2.75) is 25.1 Å². The van der Waals surface area contributed by atoms with Crippen LogP contribution in [0.1, 0.15) is 19.8 Å². The zero-order valence-corrected chi connectivity index (χ0v) is 10.8. The van der Waals surface area contributed by atoms with Crippen molar-refractivity contribution in [3.8, 4) is 0 Å². The van der Waals surface area contributed by atoms with Gasteiger partial charge in [0.2, 0.25) is 5.91 Å². The second-order valence-corrected chi connectivity index (χ2v) is 5.59. The molecule has 1 amide bonds. The number of hydrogen-bond acceptors (Lipinski definition) is 4. The monoisotopic (exact) mass is 252 g/mol. The molecular weight excluding hydrogens is 236 g/mol. The number of nitrogens with one attached hydrogen (secondary N) is 1. The summed E-state index contributed by atoms with van der Waals surface area (Å²) in [6.45, 7) is 2.30. The summed E-state index contributed by atoms with van der Waals surface area (Å²) >= 11 is 1.71. The number of carbonyl (C=O) groups excluding carboxylic acids is 2. The molecule has 0 spiro atoms. The molecule has 1 N–H and O–H groups in total. The third-order valence-corrected chi connectivity index (χ3v) is 4.22. The topological polar surface area (TPSA) is 49.4 Å². The lowest BCUT2D eigenvalue weighted by atomic mass is 10.1. The van der Waals surface area contributed by atoms with E-state index >= 15 is 0 Å². The lowest BCUT2D eigenvalue weighted by molar-refractivity contribution is -0.127. The highest BCUT2D eigenvalue weighted by Gasteiger charge is 2.26. The molecule has 0 saturated carbocycles. The van der Waals surface area contributed by atoms with E-state index in [1.54, 1.807) is 36.7 Å². The summed E-state index contributed by atoms with van der Waals surface area (Å²) in [5.74, 6) is 0.250. The van der Waals surface area contributed by atoms with Crippen LogP contribution in [0.15, 0.2) is 22.8 Å². The smallest absolute Gasteiger partial charge is 0.219 e. The minimum atomic E-state index is 0.0841. The standard InChI is InChI=1S/C12H16N2O2S/c1-8(15)14(2)6-5-12-13-10-4-3-9(16)7-11(10)17-12/h3-4,12-13H,5-7H2,1-2H3. The molecular formula is C12H16N2O2S. The Morgan fingerprint density at radius 1 is 1.59 bits per heavy atom. The fourth-order valence-corrected chi connectivity index (χ4v) is 3.02. The zero-order chi connectivity index (χ0) is 12.4. The zero-order valence-electron chi connectivity index (χ0n) is 10.0. The SMILES string of the molecule is CC(=O)N(C)CCC1NC2=C(CC(=O)C=C2)S1. The number of nitrogens with zero attached hydrogens (tertiary/aromatic N) is 1. The van der Waals surface area contributed by atoms with E-state index in [1.807, 2.05) is 6.08 Å². The molecule has 2 aliphatic rings. The maximum atomic E-state index is 11.3. The van der Waals surface area contributed by atoms with Gasteiger partial charge in [-0.25, -0.2) is 0 Å². The predicted octanol–water partition coefficient (Wildman–Crippen LogP) is 1.26. The number of ketones is 1. The number of hydrogen-bond donors (Lipinski definition) is 1. The van der Waals surface area contributed by atoms with E-state index in [2.05, 4.69) is 5.32 Å². The second-order valence-electron chi connectivity index (χ2n) is 4.29. The fraction of sp³-hybridized carbons (Fsp3) is 0.500. The molecule has 1 aliphatic carbocycles. The Kier molecular flexibility index (Phi) is 3.57. The molecule has 1 atom stereocenters. The van der Waals surface area contributed by atoms with Crippen LogP contribution in [0.5, 0.6) is 0 Å². The summed E-state index contributed by atoms with van der Waals surface area (Å²) in [6.07, 6.45) is 4.87. The van der Waals surface area contributed by atoms with Gasteiger partial charge in [0.25, 0.3) is 0 Å². The number of carbonyl (C=O) groups is 2. The highest BCUT2D eigenvalue weighted by Crippen LogP contribution is 2.36. The minimum absolute atomic E-state index is 0.0841. The van der Waals surface area contributed by atoms with Gasteiger partial charge < -0.3 is 10.2 Å². The van der Waals surface area contributed by atoms with Gasteiger partial charge in [-0.15, -0.1) is 11.8 Å². The lowest BCUT2D eigenvalue weighted by Gasteiger charge is -2.18. The molecule has 1 heterocycles. The van der Waals surface area contributed by atoms with Crippen LogP contribution < -0.4 is 5.32 Å². The van der Waals surface area contributed by atoms with Gasteiger partial charge in [0.1, 0.15) is 0 Å². The number of rotatable bonds is 3. The van der Waals surface area contributed by atoms with Gasteiger partial charge in [-0.1, -0.05) is 0 Å². The Hall–Kier alpha value is -1.23. The quantitative estimate of drug-likeness (QED) is 0.821. The number of allylic oxidation sites excluding steroid dienone is 3. The van der Waals surface area contributed by atoms with Gasteiger partial charge in [-0.05, 0) is 18.6 Å². The molecule has 0 aromatic rings. The predicted molar refractivity (Wildman–Crippen MR) is 68.2 cm³/mol. The van der Waals surface area contributed by atoms with Crippen molar-refractivity contribution in [2.24, 2.45) is 0 Å². The molecule has 5 heteroatoms. The lowest BCUT2D eigenvalue weighted by Crippen LogP contribution is -2.30. The van der Waals surface area contributed by atoms with E-state index in [9.17, 15) is 9.59 Å². The molecule has 0 aromatic heterocycles. The van der Waals surface area contributed by atoms with Crippen LogP contribution in [0.25, 0.3) is 0 Å². The molecule has 0 aromatic carbocycles. The normalized spacial score (nSPS) is 22.5. The molecule has 4 nitrogen and oxygen atoms in total. The largest absolute Gasteiger partial charge is 0.372 e. The van der Waals surface area contributed by atoms with Crippen molar-refractivity contribution in [1.82, 2.24) is 10.2 Å². The average Bonchev–Trinajstić information content (AvgIpc) is 2.67. The third-order valence-electron chi connectivity index (χ3n) is 2.94. The highest BCUT2D eigenvalue weighted by atomic mass is 32.2. The molecule has 2 rings (SSSR count). The van der Waals surface area contributed by atoms with Crippen molar-refractivity contribution < 1.29 is 9.59 Å². The minimum Gasteiger partial charge on any atom is -0.372 e. The fourth-order valence-electron chi connectivity index (χ4n) is 1.79. The Bertz CT molecular complexity index is 415. The van der Waals surface area contributed by atoms with Gasteiger partial charge in [0.15, 0.2) is 5.78 Å². The van der Waals surface area contributed by atoms with Gasteiger partial charge in [0.05, 0.1) is 5.37 Å². The van der Waals surface area contributed by atoms with Crippen molar-refractivity contribution in [3.05, 3.63) is 22.8 Å². The van der Waals surface area contributed by atoms with Crippen molar-refractivity contribution in [2.75, 3.05) is 13.6 Å². The van der Waals surface area contributed by atoms with E-state index in [0.29, 0.717) is 6.42 Å². The van der Waals surface area contributed by atoms with Crippen LogP contribution in [0.2, 0.25) is 0 Å². The first-order valence-corrected chi connectivity index (χ1v) is 6.53. The Labute approximate surface area is 105 Å². The summed E-state index contributed by atoms with van der Waals surface area (Å²) in [5, 5.41) is 3.65. The molecule has 1 unspecified atom stereocenters. The van der Waals surface area contributed by atoms with E-state index < -0.39 is 0 Å². The van der Waals surface area contributed by atoms with Crippen LogP contribution in [-0.4, -0.2) is 35.6 Å². The molecule has 0 bridgehead atoms. The van der Waals surface area contributed by atoms with Gasteiger partial charge >= 0.3 is 0 Å². The van der Waals surface area contributed by atoms with Crippen LogP contribution >= 0.6 is 11.8 Å². The summed E-state index contributed by atoms with van der Waals surface area (Å²) in [6, 6.07) is 0. The van der Waals surface area contributed by atoms with E-state index in [-0.39, 0.29) is 17.1 Å². The van der Waals surface area contributed by atoms with Crippen molar-refractivity contribution in [3.63, 3.8) is 0 Å². The molecule has 0 fully saturated rings. The number of amides is 1. The van der Waals surface area contributed by atoms with Gasteiger partial charge in [-0.3, -0.25) is 9.59 Å². The maximum Gasteiger partial charge on any atom is 0.219 e. The maximum absolute atomic E-state index is 11.3. The first kappa shape index (κ1) is 12.2. The molecule has 17 heavy (non-hydrogen) atoms. The Morgan fingerprint density at radius 3 is 3.06 bits per heavy atom. The first-order chi connectivity index (χ1) is 8.06. The average molecular weight is 252 g/mol. The summed E-state index contributed by atoms with van der Waals surface area (Å²) in [5.41, 5.74) is 1.07. The Morgan fingerprint density at radius 2 is 2.35 bits per heavy atom. The molecule has 0 saturated heterocycles. The van der Waals surface area contributed by atoms with Gasteiger partial charge in [0, 0.05) is 37.5 Å². The summed E-state index contributed by atoms with van der Waals surface area (Å²) < 4.78 is 0. The molecule has 92 valence electrons. The Balaban J connectivity index is 1.83. The molecule has 1 aliphatic heterocycles. The van der Waals surface area contributed by atoms with E-state index in [1.165, 1.54) is 0 Å². The third kappa shape index (κ3) is 2.91. The summed E-state index contributed by atoms with van der Waals surface area (Å²) in [4.78, 5) is 25.2. The van der Waals surface area contributed by atoms with Crippen molar-refractivity contribution in [1.29, 1.82) is 0 Å². The van der Waals surface area contributed by atoms with E-state index in [4.69, 9.17) is 0 Å². The van der Waals surface area contributed by atoms with E-state index in [0.717, 1.165) is 23.6 Å². The second kappa shape index (κ2) is 4.96. The number of thioether (sulfide) groups is 1. The van der Waals surface area contributed by atoms with Crippen LogP contribution in [0.3, 0.4) is 0 Å². The summed E-state index contributed by atoms with van der Waals surface area (Å²) in [7, 11) is 1.80. The van der Waals surface area contributed by atoms with Crippen LogP contribution in [-0.2, 0) is 9.59 Å². The van der Waals surface area contributed by atoms with Crippen LogP contribution in [0, 0.1) is 0 Å². The first-order valence-electron chi connectivity index (χ1n) is 5.65. The van der Waals surface area contributed by atoms with Gasteiger partial charge in [-0.2, -0.15) is 0 Å².